The van der Waals surface area contributed by atoms with Gasteiger partial charge in [0.25, 0.3) is 0 Å². The monoisotopic (exact) mass is 294 g/mol. The molecule has 0 spiro atoms. The van der Waals surface area contributed by atoms with Crippen LogP contribution in [-0.2, 0) is 10.4 Å². The Hall–Kier alpha value is -1.60. The molecule has 0 saturated heterocycles. The summed E-state index contributed by atoms with van der Waals surface area (Å²) in [5.41, 5.74) is -2.44. The molecule has 0 fully saturated rings. The van der Waals surface area contributed by atoms with E-state index in [2.05, 4.69) is 4.74 Å². The van der Waals surface area contributed by atoms with E-state index >= 15 is 0 Å². The smallest absolute Gasteiger partial charge is 0.387 e. The van der Waals surface area contributed by atoms with Gasteiger partial charge in [0.05, 0.1) is 6.61 Å². The van der Waals surface area contributed by atoms with Gasteiger partial charge in [0.15, 0.2) is 17.1 Å². The molecule has 5 nitrogen and oxygen atoms in total. The van der Waals surface area contributed by atoms with Gasteiger partial charge in [0, 0.05) is 23.1 Å². The van der Waals surface area contributed by atoms with Crippen molar-refractivity contribution < 1.29 is 33.3 Å². The third-order valence-electron chi connectivity index (χ3n) is 2.75. The summed E-state index contributed by atoms with van der Waals surface area (Å²) >= 11 is 5.71. The summed E-state index contributed by atoms with van der Waals surface area (Å²) in [5, 5.41) is 19.1. The van der Waals surface area contributed by atoms with E-state index in [4.69, 9.17) is 21.4 Å². The number of ether oxygens (including phenoxy) is 2. The molecule has 19 heavy (non-hydrogen) atoms. The number of fused-ring (bicyclic) bond motifs is 1. The molecule has 8 heteroatoms. The van der Waals surface area contributed by atoms with Gasteiger partial charge in [-0.25, -0.2) is 4.79 Å². The van der Waals surface area contributed by atoms with Crippen LogP contribution in [0.4, 0.5) is 8.78 Å². The third kappa shape index (κ3) is 2.43. The van der Waals surface area contributed by atoms with E-state index < -0.39 is 23.9 Å². The minimum atomic E-state index is -3.12. The number of carboxylic acid groups (broad SMARTS) is 1. The standard InChI is InChI=1S/C11H9ClF2O5/c12-5-3-6-8(7(4-5)19-10(13)14)18-2-1-11(6,17)9(15)16/h3-4,10,17H,1-2H2,(H,15,16)/t11-/m1/s1. The lowest BCUT2D eigenvalue weighted by atomic mass is 9.88. The first kappa shape index (κ1) is 13.8. The number of hydrogen-bond acceptors (Lipinski definition) is 4. The Bertz CT molecular complexity index is 522. The highest BCUT2D eigenvalue weighted by Crippen LogP contribution is 2.45. The molecule has 104 valence electrons. The van der Waals surface area contributed by atoms with E-state index in [9.17, 15) is 18.7 Å². The first-order valence-corrected chi connectivity index (χ1v) is 5.60. The maximum absolute atomic E-state index is 12.3. The molecule has 0 bridgehead atoms. The van der Waals surface area contributed by atoms with Gasteiger partial charge in [-0.2, -0.15) is 8.78 Å². The van der Waals surface area contributed by atoms with Gasteiger partial charge in [-0.15, -0.1) is 0 Å². The lowest BCUT2D eigenvalue weighted by molar-refractivity contribution is -0.162. The zero-order chi connectivity index (χ0) is 14.2. The van der Waals surface area contributed by atoms with Crippen molar-refractivity contribution in [2.75, 3.05) is 6.61 Å². The number of alkyl halides is 2. The Morgan fingerprint density at radius 3 is 2.79 bits per heavy atom. The fourth-order valence-corrected chi connectivity index (χ4v) is 2.07. The molecule has 0 radical (unpaired) electrons. The van der Waals surface area contributed by atoms with Crippen LogP contribution in [0.5, 0.6) is 11.5 Å². The Morgan fingerprint density at radius 2 is 2.21 bits per heavy atom. The fourth-order valence-electron chi connectivity index (χ4n) is 1.87. The average molecular weight is 295 g/mol. The van der Waals surface area contributed by atoms with Gasteiger partial charge in [0.1, 0.15) is 0 Å². The molecule has 1 atom stereocenters. The van der Waals surface area contributed by atoms with Crippen LogP contribution in [0.2, 0.25) is 5.02 Å². The Labute approximate surface area is 111 Å². The highest BCUT2D eigenvalue weighted by atomic mass is 35.5. The van der Waals surface area contributed by atoms with Crippen molar-refractivity contribution in [1.82, 2.24) is 0 Å². The predicted molar refractivity (Wildman–Crippen MR) is 59.7 cm³/mol. The molecule has 0 aliphatic carbocycles. The van der Waals surface area contributed by atoms with E-state index in [1.54, 1.807) is 0 Å². The second-order valence-corrected chi connectivity index (χ2v) is 4.36. The molecular formula is C11H9ClF2O5. The summed E-state index contributed by atoms with van der Waals surface area (Å²) < 4.78 is 33.9. The number of aliphatic carboxylic acids is 1. The van der Waals surface area contributed by atoms with Crippen molar-refractivity contribution in [3.8, 4) is 11.5 Å². The van der Waals surface area contributed by atoms with E-state index in [1.807, 2.05) is 0 Å². The van der Waals surface area contributed by atoms with Crippen LogP contribution in [0.15, 0.2) is 12.1 Å². The van der Waals surface area contributed by atoms with Gasteiger partial charge in [0.2, 0.25) is 0 Å². The highest BCUT2D eigenvalue weighted by Gasteiger charge is 2.44. The minimum Gasteiger partial charge on any atom is -0.489 e. The van der Waals surface area contributed by atoms with Crippen LogP contribution in [0.25, 0.3) is 0 Å². The number of rotatable bonds is 3. The van der Waals surface area contributed by atoms with Crippen molar-refractivity contribution >= 4 is 17.6 Å². The molecule has 0 unspecified atom stereocenters. The molecule has 2 N–H and O–H groups in total. The van der Waals surface area contributed by atoms with Crippen LogP contribution in [0.3, 0.4) is 0 Å². The summed E-state index contributed by atoms with van der Waals surface area (Å²) in [6.45, 7) is -3.26. The number of hydrogen-bond donors (Lipinski definition) is 2. The Morgan fingerprint density at radius 1 is 1.53 bits per heavy atom. The predicted octanol–water partition coefficient (Wildman–Crippen LogP) is 2.00. The van der Waals surface area contributed by atoms with E-state index in [-0.39, 0.29) is 29.4 Å². The highest BCUT2D eigenvalue weighted by molar-refractivity contribution is 6.31. The number of carbonyl (C=O) groups is 1. The fraction of sp³-hybridized carbons (Fsp3) is 0.364. The van der Waals surface area contributed by atoms with Crippen LogP contribution in [-0.4, -0.2) is 29.4 Å². The van der Waals surface area contributed by atoms with E-state index in [0.29, 0.717) is 0 Å². The zero-order valence-electron chi connectivity index (χ0n) is 9.40. The molecule has 1 aliphatic rings. The second-order valence-electron chi connectivity index (χ2n) is 3.92. The quantitative estimate of drug-likeness (QED) is 0.891. The molecule has 1 heterocycles. The SMILES string of the molecule is O=C(O)[C@@]1(O)CCOc2c(OC(F)F)cc(Cl)cc21. The summed E-state index contributed by atoms with van der Waals surface area (Å²) in [6.07, 6.45) is -0.218. The second kappa shape index (κ2) is 4.82. The van der Waals surface area contributed by atoms with Gasteiger partial charge in [-0.3, -0.25) is 0 Å². The average Bonchev–Trinajstić information content (AvgIpc) is 2.29. The molecule has 0 aromatic heterocycles. The molecule has 1 aliphatic heterocycles. The van der Waals surface area contributed by atoms with Crippen molar-refractivity contribution in [3.63, 3.8) is 0 Å². The molecule has 1 aromatic rings. The topological polar surface area (TPSA) is 76.0 Å². The maximum atomic E-state index is 12.3. The van der Waals surface area contributed by atoms with E-state index in [0.717, 1.165) is 12.1 Å². The van der Waals surface area contributed by atoms with Gasteiger partial charge < -0.3 is 19.7 Å². The molecule has 1 aromatic carbocycles. The van der Waals surface area contributed by atoms with Crippen molar-refractivity contribution in [2.24, 2.45) is 0 Å². The van der Waals surface area contributed by atoms with Crippen LogP contribution in [0, 0.1) is 0 Å². The van der Waals surface area contributed by atoms with Gasteiger partial charge in [-0.1, -0.05) is 11.6 Å². The zero-order valence-corrected chi connectivity index (χ0v) is 10.2. The minimum absolute atomic E-state index is 0.0421. The van der Waals surface area contributed by atoms with Crippen LogP contribution in [0.1, 0.15) is 12.0 Å². The Balaban J connectivity index is 2.59. The lowest BCUT2D eigenvalue weighted by Crippen LogP contribution is -2.40. The normalized spacial score (nSPS) is 21.7. The summed E-state index contributed by atoms with van der Waals surface area (Å²) in [4.78, 5) is 11.1. The third-order valence-corrected chi connectivity index (χ3v) is 2.96. The van der Waals surface area contributed by atoms with Crippen molar-refractivity contribution in [3.05, 3.63) is 22.7 Å². The van der Waals surface area contributed by atoms with Crippen LogP contribution >= 0.6 is 11.6 Å². The number of benzene rings is 1. The molecule has 0 amide bonds. The summed E-state index contributed by atoms with van der Waals surface area (Å²) in [6, 6.07) is 2.22. The van der Waals surface area contributed by atoms with E-state index in [1.165, 1.54) is 0 Å². The first-order valence-electron chi connectivity index (χ1n) is 5.22. The molecule has 2 rings (SSSR count). The van der Waals surface area contributed by atoms with Gasteiger partial charge in [-0.05, 0) is 6.07 Å². The van der Waals surface area contributed by atoms with Gasteiger partial charge >= 0.3 is 12.6 Å². The van der Waals surface area contributed by atoms with Crippen molar-refractivity contribution in [1.29, 1.82) is 0 Å². The van der Waals surface area contributed by atoms with Crippen LogP contribution < -0.4 is 9.47 Å². The Kier molecular flexibility index (Phi) is 3.51. The number of carboxylic acids is 1. The number of halogens is 3. The lowest BCUT2D eigenvalue weighted by Gasteiger charge is -2.31. The maximum Gasteiger partial charge on any atom is 0.387 e. The summed E-state index contributed by atoms with van der Waals surface area (Å²) in [5.74, 6) is -2.15. The van der Waals surface area contributed by atoms with Crippen molar-refractivity contribution in [2.45, 2.75) is 18.6 Å². The molecular weight excluding hydrogens is 286 g/mol. The number of aliphatic hydroxyl groups is 1. The summed E-state index contributed by atoms with van der Waals surface area (Å²) in [7, 11) is 0. The molecule has 0 saturated carbocycles. The first-order chi connectivity index (χ1) is 8.84. The largest absolute Gasteiger partial charge is 0.489 e.